The van der Waals surface area contributed by atoms with Gasteiger partial charge in [-0.2, -0.15) is 0 Å². The Morgan fingerprint density at radius 1 is 1.00 bits per heavy atom. The number of alkyl carbamates (subject to hydrolysis) is 1. The van der Waals surface area contributed by atoms with E-state index in [2.05, 4.69) is 10.3 Å². The predicted octanol–water partition coefficient (Wildman–Crippen LogP) is 4.16. The largest absolute Gasteiger partial charge is 0.445 e. The molecule has 1 aliphatic rings. The number of hydrogen-bond acceptors (Lipinski definition) is 5. The zero-order valence-corrected chi connectivity index (χ0v) is 19.3. The fraction of sp³-hybridized carbons (Fsp3) is 0.185. The van der Waals surface area contributed by atoms with Gasteiger partial charge in [0, 0.05) is 11.1 Å². The van der Waals surface area contributed by atoms with Crippen molar-refractivity contribution in [3.05, 3.63) is 101 Å². The van der Waals surface area contributed by atoms with Gasteiger partial charge in [0.25, 0.3) is 5.91 Å². The van der Waals surface area contributed by atoms with Gasteiger partial charge in [-0.15, -0.1) is 0 Å². The summed E-state index contributed by atoms with van der Waals surface area (Å²) >= 11 is 0. The van der Waals surface area contributed by atoms with Crippen LogP contribution in [0.3, 0.4) is 0 Å². The topological polar surface area (TPSA) is 88.1 Å². The van der Waals surface area contributed by atoms with Crippen molar-refractivity contribution in [1.29, 1.82) is 0 Å². The number of ketones is 1. The highest BCUT2D eigenvalue weighted by Gasteiger charge is 2.35. The molecule has 178 valence electrons. The normalized spacial score (nSPS) is 15.1. The molecule has 1 aliphatic heterocycles. The minimum absolute atomic E-state index is 0.00599. The summed E-state index contributed by atoms with van der Waals surface area (Å²) in [5.41, 5.74) is 2.75. The highest BCUT2D eigenvalue weighted by Crippen LogP contribution is 2.32. The first kappa shape index (κ1) is 23.8. The molecule has 3 aromatic rings. The lowest BCUT2D eigenvalue weighted by molar-refractivity contribution is -0.123. The standard InChI is InChI=1S/C27H24FN3O4/c1-17-9-8-13-21-23(20-12-6-7-14-22(20)28)29-25(26(33)31(24(17)21)15-18(2)32)30-27(34)35-16-19-10-4-3-5-11-19/h3-14,25H,15-16H2,1-2H3,(H,30,34). The molecular weight excluding hydrogens is 449 g/mol. The Bertz CT molecular complexity index is 1310. The minimum Gasteiger partial charge on any atom is -0.445 e. The molecule has 0 fully saturated rings. The lowest BCUT2D eigenvalue weighted by Gasteiger charge is -2.26. The van der Waals surface area contributed by atoms with Gasteiger partial charge < -0.3 is 9.64 Å². The summed E-state index contributed by atoms with van der Waals surface area (Å²) in [6, 6.07) is 20.4. The van der Waals surface area contributed by atoms with Crippen LogP contribution in [0.1, 0.15) is 29.2 Å². The number of benzene rings is 3. The maximum atomic E-state index is 14.9. The number of ether oxygens (including phenoxy) is 1. The first-order valence-corrected chi connectivity index (χ1v) is 11.1. The summed E-state index contributed by atoms with van der Waals surface area (Å²) in [5.74, 6) is -1.41. The molecule has 1 atom stereocenters. The molecule has 0 saturated heterocycles. The lowest BCUT2D eigenvalue weighted by atomic mass is 9.97. The number of benzodiazepines with no additional fused rings is 1. The number of carbonyl (C=O) groups is 3. The molecule has 4 rings (SSSR count). The molecule has 35 heavy (non-hydrogen) atoms. The summed E-state index contributed by atoms with van der Waals surface area (Å²) in [5, 5.41) is 2.48. The quantitative estimate of drug-likeness (QED) is 0.582. The van der Waals surface area contributed by atoms with Crippen molar-refractivity contribution < 1.29 is 23.5 Å². The average Bonchev–Trinajstić information content (AvgIpc) is 2.95. The number of halogens is 1. The van der Waals surface area contributed by atoms with E-state index in [4.69, 9.17) is 4.74 Å². The van der Waals surface area contributed by atoms with Gasteiger partial charge in [-0.05, 0) is 37.1 Å². The van der Waals surface area contributed by atoms with Crippen LogP contribution in [0.5, 0.6) is 0 Å². The monoisotopic (exact) mass is 473 g/mol. The number of hydrogen-bond donors (Lipinski definition) is 1. The van der Waals surface area contributed by atoms with Crippen LogP contribution in [0.15, 0.2) is 77.8 Å². The Morgan fingerprint density at radius 3 is 2.40 bits per heavy atom. The maximum Gasteiger partial charge on any atom is 0.409 e. The van der Waals surface area contributed by atoms with Crippen LogP contribution >= 0.6 is 0 Å². The van der Waals surface area contributed by atoms with E-state index in [1.807, 2.05) is 18.2 Å². The van der Waals surface area contributed by atoms with E-state index < -0.39 is 24.0 Å². The Labute approximate surface area is 202 Å². The summed E-state index contributed by atoms with van der Waals surface area (Å²) in [6.07, 6.45) is -2.30. The van der Waals surface area contributed by atoms with Crippen molar-refractivity contribution in [3.63, 3.8) is 0 Å². The van der Waals surface area contributed by atoms with E-state index in [0.717, 1.165) is 5.56 Å². The Hall–Kier alpha value is -4.33. The first-order chi connectivity index (χ1) is 16.8. The summed E-state index contributed by atoms with van der Waals surface area (Å²) < 4.78 is 20.1. The molecule has 8 heteroatoms. The number of amides is 2. The van der Waals surface area contributed by atoms with Gasteiger partial charge in [0.15, 0.2) is 0 Å². The van der Waals surface area contributed by atoms with Gasteiger partial charge in [0.2, 0.25) is 6.17 Å². The molecule has 0 spiro atoms. The summed E-state index contributed by atoms with van der Waals surface area (Å²) in [4.78, 5) is 44.0. The van der Waals surface area contributed by atoms with Crippen molar-refractivity contribution in [1.82, 2.24) is 5.32 Å². The number of fused-ring (bicyclic) bond motifs is 1. The van der Waals surface area contributed by atoms with Crippen LogP contribution in [0.4, 0.5) is 14.9 Å². The maximum absolute atomic E-state index is 14.9. The molecular formula is C27H24FN3O4. The zero-order valence-electron chi connectivity index (χ0n) is 19.3. The number of aliphatic imine (C=N–C) groups is 1. The van der Waals surface area contributed by atoms with Gasteiger partial charge in [-0.3, -0.25) is 14.9 Å². The van der Waals surface area contributed by atoms with E-state index in [9.17, 15) is 18.8 Å². The molecule has 0 aliphatic carbocycles. The number of aryl methyl sites for hydroxylation is 1. The van der Waals surface area contributed by atoms with Crippen LogP contribution in [-0.2, 0) is 20.9 Å². The van der Waals surface area contributed by atoms with Gasteiger partial charge >= 0.3 is 6.09 Å². The molecule has 3 aromatic carbocycles. The third-order valence-corrected chi connectivity index (χ3v) is 5.50. The Morgan fingerprint density at radius 2 is 1.69 bits per heavy atom. The van der Waals surface area contributed by atoms with Gasteiger partial charge in [-0.25, -0.2) is 14.2 Å². The molecule has 2 amide bonds. The number of nitrogens with one attached hydrogen (secondary N) is 1. The van der Waals surface area contributed by atoms with Crippen LogP contribution in [0.2, 0.25) is 0 Å². The predicted molar refractivity (Wildman–Crippen MR) is 130 cm³/mol. The van der Waals surface area contributed by atoms with E-state index >= 15 is 0 Å². The van der Waals surface area contributed by atoms with Crippen LogP contribution in [0, 0.1) is 12.7 Å². The number of carbonyl (C=O) groups excluding carboxylic acids is 3. The molecule has 0 radical (unpaired) electrons. The third kappa shape index (κ3) is 5.27. The second-order valence-corrected chi connectivity index (χ2v) is 8.16. The Kier molecular flexibility index (Phi) is 7.01. The van der Waals surface area contributed by atoms with E-state index in [-0.39, 0.29) is 30.2 Å². The lowest BCUT2D eigenvalue weighted by Crippen LogP contribution is -2.49. The van der Waals surface area contributed by atoms with Crippen molar-refractivity contribution in [2.24, 2.45) is 4.99 Å². The van der Waals surface area contributed by atoms with E-state index in [1.165, 1.54) is 17.9 Å². The average molecular weight is 474 g/mol. The fourth-order valence-electron chi connectivity index (χ4n) is 3.94. The summed E-state index contributed by atoms with van der Waals surface area (Å²) in [6.45, 7) is 2.92. The van der Waals surface area contributed by atoms with E-state index in [0.29, 0.717) is 16.8 Å². The number of rotatable bonds is 6. The van der Waals surface area contributed by atoms with Gasteiger partial charge in [0.05, 0.1) is 17.9 Å². The SMILES string of the molecule is CC(=O)CN1C(=O)C(NC(=O)OCc2ccccc2)N=C(c2ccccc2F)c2cccc(C)c21. The van der Waals surface area contributed by atoms with Gasteiger partial charge in [-0.1, -0.05) is 60.7 Å². The van der Waals surface area contributed by atoms with Gasteiger partial charge in [0.1, 0.15) is 18.2 Å². The molecule has 1 unspecified atom stereocenters. The Balaban J connectivity index is 1.75. The number of para-hydroxylation sites is 1. The molecule has 0 saturated carbocycles. The number of Topliss-reactive ketones (excluding diaryl/α,β-unsaturated/α-hetero) is 1. The van der Waals surface area contributed by atoms with Crippen LogP contribution in [-0.4, -0.2) is 36.2 Å². The second kappa shape index (κ2) is 10.3. The van der Waals surface area contributed by atoms with Crippen LogP contribution in [0.25, 0.3) is 0 Å². The highest BCUT2D eigenvalue weighted by molar-refractivity contribution is 6.21. The zero-order chi connectivity index (χ0) is 24.9. The molecule has 0 bridgehead atoms. The van der Waals surface area contributed by atoms with Crippen molar-refractivity contribution in [2.45, 2.75) is 26.6 Å². The summed E-state index contributed by atoms with van der Waals surface area (Å²) in [7, 11) is 0. The molecule has 1 N–H and O–H groups in total. The second-order valence-electron chi connectivity index (χ2n) is 8.16. The van der Waals surface area contributed by atoms with E-state index in [1.54, 1.807) is 55.5 Å². The fourth-order valence-corrected chi connectivity index (χ4v) is 3.94. The molecule has 0 aromatic heterocycles. The third-order valence-electron chi connectivity index (χ3n) is 5.50. The van der Waals surface area contributed by atoms with Crippen molar-refractivity contribution in [2.75, 3.05) is 11.4 Å². The van der Waals surface area contributed by atoms with Crippen LogP contribution < -0.4 is 10.2 Å². The molecule has 7 nitrogen and oxygen atoms in total. The first-order valence-electron chi connectivity index (χ1n) is 11.1. The number of nitrogens with zero attached hydrogens (tertiary/aromatic N) is 2. The highest BCUT2D eigenvalue weighted by atomic mass is 19.1. The smallest absolute Gasteiger partial charge is 0.409 e. The van der Waals surface area contributed by atoms with Crippen molar-refractivity contribution >= 4 is 29.2 Å². The van der Waals surface area contributed by atoms with Crippen molar-refractivity contribution in [3.8, 4) is 0 Å². The molecule has 1 heterocycles. The number of anilines is 1. The minimum atomic E-state index is -1.43.